The van der Waals surface area contributed by atoms with Crippen LogP contribution in [-0.4, -0.2) is 15.0 Å². The summed E-state index contributed by atoms with van der Waals surface area (Å²) < 4.78 is 41.3. The SMILES string of the molecule is Nc1c(-c2cc(Cc3cccc(OCc4ccccc4F)n3)no2)ccc[n+]1COP(=O)([O-])O. The van der Waals surface area contributed by atoms with E-state index in [4.69, 9.17) is 19.9 Å². The van der Waals surface area contributed by atoms with Gasteiger partial charge in [-0.25, -0.2) is 13.9 Å². The summed E-state index contributed by atoms with van der Waals surface area (Å²) in [6.45, 7) is -0.451. The van der Waals surface area contributed by atoms with Gasteiger partial charge in [-0.2, -0.15) is 0 Å². The number of halogens is 1. The van der Waals surface area contributed by atoms with Gasteiger partial charge in [0.05, 0.1) is 17.6 Å². The maximum Gasteiger partial charge on any atom is 0.285 e. The molecule has 0 amide bonds. The summed E-state index contributed by atoms with van der Waals surface area (Å²) in [6, 6.07) is 16.6. The van der Waals surface area contributed by atoms with Gasteiger partial charge in [0.1, 0.15) is 18.0 Å². The Balaban J connectivity index is 1.45. The van der Waals surface area contributed by atoms with Gasteiger partial charge in [0.25, 0.3) is 13.6 Å². The summed E-state index contributed by atoms with van der Waals surface area (Å²) in [6.07, 6.45) is 1.82. The van der Waals surface area contributed by atoms with Crippen LogP contribution in [0.3, 0.4) is 0 Å². The van der Waals surface area contributed by atoms with E-state index in [1.807, 2.05) is 0 Å². The largest absolute Gasteiger partial charge is 0.756 e. The number of anilines is 1. The lowest BCUT2D eigenvalue weighted by atomic mass is 10.1. The van der Waals surface area contributed by atoms with Gasteiger partial charge in [-0.3, -0.25) is 14.8 Å². The molecule has 176 valence electrons. The van der Waals surface area contributed by atoms with Crippen LogP contribution in [0.1, 0.15) is 17.0 Å². The van der Waals surface area contributed by atoms with Crippen molar-refractivity contribution in [3.8, 4) is 17.2 Å². The molecular weight excluding hydrogens is 466 g/mol. The van der Waals surface area contributed by atoms with Crippen LogP contribution in [0.4, 0.5) is 10.2 Å². The average Bonchev–Trinajstić information content (AvgIpc) is 3.25. The fourth-order valence-corrected chi connectivity index (χ4v) is 3.40. The third-order valence-corrected chi connectivity index (χ3v) is 5.22. The Kier molecular flexibility index (Phi) is 6.99. The van der Waals surface area contributed by atoms with E-state index >= 15 is 0 Å². The number of nitrogens with zero attached hydrogens (tertiary/aromatic N) is 3. The van der Waals surface area contributed by atoms with E-state index in [-0.39, 0.29) is 18.2 Å². The number of benzene rings is 1. The Labute approximate surface area is 193 Å². The highest BCUT2D eigenvalue weighted by Gasteiger charge is 2.18. The van der Waals surface area contributed by atoms with Crippen molar-refractivity contribution in [1.82, 2.24) is 10.1 Å². The molecule has 0 aliphatic rings. The molecule has 1 atom stereocenters. The third-order valence-electron chi connectivity index (χ3n) is 4.78. The zero-order chi connectivity index (χ0) is 24.1. The third kappa shape index (κ3) is 6.03. The number of hydrogen-bond donors (Lipinski definition) is 2. The van der Waals surface area contributed by atoms with Gasteiger partial charge in [-0.1, -0.05) is 29.4 Å². The smallest absolute Gasteiger partial charge is 0.285 e. The number of nitrogens with two attached hydrogens (primary N) is 1. The number of phosphoric ester groups is 1. The van der Waals surface area contributed by atoms with Crippen molar-refractivity contribution in [3.63, 3.8) is 0 Å². The second-order valence-electron chi connectivity index (χ2n) is 7.21. The summed E-state index contributed by atoms with van der Waals surface area (Å²) in [7, 11) is -4.90. The molecule has 4 rings (SSSR count). The molecule has 4 aromatic rings. The first-order valence-electron chi connectivity index (χ1n) is 10.0. The van der Waals surface area contributed by atoms with E-state index < -0.39 is 14.6 Å². The van der Waals surface area contributed by atoms with Crippen LogP contribution < -0.4 is 19.9 Å². The molecule has 0 bridgehead atoms. The maximum absolute atomic E-state index is 13.8. The van der Waals surface area contributed by atoms with Crippen molar-refractivity contribution in [2.45, 2.75) is 19.8 Å². The molecule has 0 spiro atoms. The minimum atomic E-state index is -4.90. The fourth-order valence-electron chi connectivity index (χ4n) is 3.13. The van der Waals surface area contributed by atoms with Crippen LogP contribution in [0.2, 0.25) is 0 Å². The van der Waals surface area contributed by atoms with E-state index in [1.54, 1.807) is 54.6 Å². The molecule has 0 saturated heterocycles. The van der Waals surface area contributed by atoms with E-state index in [9.17, 15) is 13.8 Å². The lowest BCUT2D eigenvalue weighted by Crippen LogP contribution is -2.38. The lowest BCUT2D eigenvalue weighted by Gasteiger charge is -2.14. The molecule has 0 aliphatic heterocycles. The van der Waals surface area contributed by atoms with E-state index in [0.29, 0.717) is 40.6 Å². The molecule has 0 fully saturated rings. The Hall–Kier alpha value is -3.63. The lowest BCUT2D eigenvalue weighted by molar-refractivity contribution is -0.712. The summed E-state index contributed by atoms with van der Waals surface area (Å²) in [5.41, 5.74) is 8.19. The van der Waals surface area contributed by atoms with Crippen LogP contribution in [0.25, 0.3) is 11.3 Å². The Morgan fingerprint density at radius 1 is 1.15 bits per heavy atom. The minimum absolute atomic E-state index is 0.0479. The highest BCUT2D eigenvalue weighted by molar-refractivity contribution is 7.44. The number of phosphoric acid groups is 1. The van der Waals surface area contributed by atoms with Crippen LogP contribution in [0.15, 0.2) is 71.4 Å². The van der Waals surface area contributed by atoms with Gasteiger partial charge in [-0.05, 0) is 24.3 Å². The molecule has 1 aromatic carbocycles. The van der Waals surface area contributed by atoms with Crippen LogP contribution in [-0.2, 0) is 28.8 Å². The van der Waals surface area contributed by atoms with Crippen LogP contribution in [0.5, 0.6) is 5.88 Å². The second-order valence-corrected chi connectivity index (χ2v) is 8.41. The van der Waals surface area contributed by atoms with Crippen molar-refractivity contribution in [3.05, 3.63) is 89.6 Å². The van der Waals surface area contributed by atoms with Crippen molar-refractivity contribution in [1.29, 1.82) is 0 Å². The normalized spacial score (nSPS) is 12.9. The van der Waals surface area contributed by atoms with Crippen LogP contribution in [0, 0.1) is 5.82 Å². The Morgan fingerprint density at radius 2 is 1.97 bits per heavy atom. The topological polar surface area (TPSA) is 148 Å². The first-order chi connectivity index (χ1) is 16.3. The molecule has 3 heterocycles. The molecule has 34 heavy (non-hydrogen) atoms. The molecular formula is C22H20FN4O6P. The molecule has 0 aliphatic carbocycles. The molecule has 3 aromatic heterocycles. The van der Waals surface area contributed by atoms with Gasteiger partial charge in [-0.15, -0.1) is 0 Å². The summed E-state index contributed by atoms with van der Waals surface area (Å²) in [4.78, 5) is 24.1. The highest BCUT2D eigenvalue weighted by atomic mass is 31.2. The first kappa shape index (κ1) is 23.5. The molecule has 0 saturated carbocycles. The molecule has 12 heteroatoms. The van der Waals surface area contributed by atoms with Gasteiger partial charge in [0.15, 0.2) is 12.5 Å². The van der Waals surface area contributed by atoms with Crippen LogP contribution >= 0.6 is 7.82 Å². The van der Waals surface area contributed by atoms with Crippen molar-refractivity contribution in [2.24, 2.45) is 0 Å². The summed E-state index contributed by atoms with van der Waals surface area (Å²) in [5, 5.41) is 4.04. The highest BCUT2D eigenvalue weighted by Crippen LogP contribution is 2.30. The van der Waals surface area contributed by atoms with E-state index in [2.05, 4.69) is 14.7 Å². The number of pyridine rings is 2. The molecule has 10 nitrogen and oxygen atoms in total. The first-order valence-corrected chi connectivity index (χ1v) is 11.5. The van der Waals surface area contributed by atoms with Gasteiger partial charge in [0, 0.05) is 24.1 Å². The number of hydrogen-bond acceptors (Lipinski definition) is 8. The number of ether oxygens (including phenoxy) is 1. The standard InChI is InChI=1S/C22H20FN4O6P/c23-19-8-2-1-5-15(19)13-31-21-9-3-6-16(25-21)11-17-12-20(33-26-17)18-7-4-10-27(22(18)24)14-32-34(28,29)30/h1-10,12,24H,11,13-14H2,(H2,28,29,30). The van der Waals surface area contributed by atoms with E-state index in [1.165, 1.54) is 16.8 Å². The predicted octanol–water partition coefficient (Wildman–Crippen LogP) is 2.35. The Bertz CT molecular complexity index is 1340. The van der Waals surface area contributed by atoms with Gasteiger partial charge < -0.3 is 19.0 Å². The molecule has 0 radical (unpaired) electrons. The Morgan fingerprint density at radius 3 is 2.76 bits per heavy atom. The number of rotatable bonds is 9. The number of nitrogen functional groups attached to an aromatic ring is 1. The quantitative estimate of drug-likeness (QED) is 0.269. The van der Waals surface area contributed by atoms with Gasteiger partial charge in [0.2, 0.25) is 5.88 Å². The minimum Gasteiger partial charge on any atom is -0.756 e. The van der Waals surface area contributed by atoms with Crippen molar-refractivity contribution in [2.75, 3.05) is 5.73 Å². The van der Waals surface area contributed by atoms with Crippen molar-refractivity contribution < 1.29 is 37.1 Å². The average molecular weight is 486 g/mol. The second kappa shape index (κ2) is 10.1. The maximum atomic E-state index is 13.8. The van der Waals surface area contributed by atoms with E-state index in [0.717, 1.165) is 0 Å². The van der Waals surface area contributed by atoms with Crippen molar-refractivity contribution >= 4 is 13.6 Å². The fraction of sp³-hybridized carbons (Fsp3) is 0.136. The zero-order valence-electron chi connectivity index (χ0n) is 17.7. The predicted molar refractivity (Wildman–Crippen MR) is 115 cm³/mol. The monoisotopic (exact) mass is 486 g/mol. The van der Waals surface area contributed by atoms with Gasteiger partial charge >= 0.3 is 0 Å². The number of aromatic nitrogens is 3. The summed E-state index contributed by atoms with van der Waals surface area (Å²) in [5.74, 6) is 0.501. The molecule has 3 N–H and O–H groups in total. The molecule has 1 unspecified atom stereocenters. The zero-order valence-corrected chi connectivity index (χ0v) is 18.6. The summed E-state index contributed by atoms with van der Waals surface area (Å²) >= 11 is 0.